The Hall–Kier alpha value is -0.750. The lowest BCUT2D eigenvalue weighted by atomic mass is 10.1. The zero-order valence-corrected chi connectivity index (χ0v) is 11.0. The van der Waals surface area contributed by atoms with Crippen molar-refractivity contribution in [2.45, 2.75) is 19.8 Å². The van der Waals surface area contributed by atoms with Crippen LogP contribution >= 0.6 is 11.8 Å². The van der Waals surface area contributed by atoms with Crippen LogP contribution in [0, 0.1) is 5.92 Å². The van der Waals surface area contributed by atoms with Crippen molar-refractivity contribution in [3.63, 3.8) is 0 Å². The second-order valence-electron chi connectivity index (χ2n) is 4.35. The van der Waals surface area contributed by atoms with Crippen molar-refractivity contribution in [1.82, 2.24) is 10.2 Å². The summed E-state index contributed by atoms with van der Waals surface area (Å²) in [5, 5.41) is 11.6. The molecule has 5 nitrogen and oxygen atoms in total. The molecule has 6 heteroatoms. The van der Waals surface area contributed by atoms with Crippen LogP contribution in [-0.2, 0) is 9.59 Å². The molecule has 0 radical (unpaired) electrons. The van der Waals surface area contributed by atoms with Crippen LogP contribution in [0.5, 0.6) is 0 Å². The van der Waals surface area contributed by atoms with Crippen LogP contribution in [0.2, 0.25) is 0 Å². The zero-order valence-electron chi connectivity index (χ0n) is 10.1. The molecular weight excluding hydrogens is 240 g/mol. The minimum atomic E-state index is -0.0995. The molecule has 1 rings (SSSR count). The number of carbonyl (C=O) groups excluding carboxylic acids is 2. The maximum absolute atomic E-state index is 11.5. The van der Waals surface area contributed by atoms with Gasteiger partial charge >= 0.3 is 0 Å². The monoisotopic (exact) mass is 260 g/mol. The Bertz CT molecular complexity index is 273. The van der Waals surface area contributed by atoms with E-state index in [2.05, 4.69) is 5.32 Å². The Kier molecular flexibility index (Phi) is 6.36. The van der Waals surface area contributed by atoms with Crippen LogP contribution in [0.15, 0.2) is 0 Å². The summed E-state index contributed by atoms with van der Waals surface area (Å²) in [4.78, 5) is 24.3. The predicted molar refractivity (Wildman–Crippen MR) is 67.5 cm³/mol. The van der Waals surface area contributed by atoms with E-state index in [0.717, 1.165) is 12.8 Å². The van der Waals surface area contributed by atoms with Crippen LogP contribution in [0.25, 0.3) is 0 Å². The van der Waals surface area contributed by atoms with Crippen molar-refractivity contribution in [2.75, 3.05) is 31.3 Å². The number of aliphatic hydroxyl groups excluding tert-OH is 1. The minimum absolute atomic E-state index is 0.0408. The van der Waals surface area contributed by atoms with E-state index in [4.69, 9.17) is 5.11 Å². The average molecular weight is 260 g/mol. The first kappa shape index (κ1) is 14.3. The second kappa shape index (κ2) is 7.55. The first-order valence-corrected chi connectivity index (χ1v) is 7.02. The number of hydrogen-bond donors (Lipinski definition) is 2. The van der Waals surface area contributed by atoms with Crippen molar-refractivity contribution in [3.8, 4) is 0 Å². The van der Waals surface area contributed by atoms with Crippen LogP contribution in [0.1, 0.15) is 19.8 Å². The summed E-state index contributed by atoms with van der Waals surface area (Å²) in [6.07, 6.45) is 1.76. The maximum Gasteiger partial charge on any atom is 0.239 e. The van der Waals surface area contributed by atoms with Gasteiger partial charge in [-0.15, -0.1) is 11.8 Å². The summed E-state index contributed by atoms with van der Waals surface area (Å²) < 4.78 is 0. The Balaban J connectivity index is 2.07. The molecule has 98 valence electrons. The molecule has 1 heterocycles. The van der Waals surface area contributed by atoms with E-state index in [1.54, 1.807) is 4.90 Å². The molecule has 0 bridgehead atoms. The van der Waals surface area contributed by atoms with Crippen molar-refractivity contribution < 1.29 is 14.7 Å². The van der Waals surface area contributed by atoms with Gasteiger partial charge in [0.25, 0.3) is 0 Å². The number of hydrogen-bond acceptors (Lipinski definition) is 4. The summed E-state index contributed by atoms with van der Waals surface area (Å²) in [6, 6.07) is 0. The third-order valence-electron chi connectivity index (χ3n) is 2.67. The van der Waals surface area contributed by atoms with E-state index >= 15 is 0 Å². The standard InChI is InChI=1S/C11H20N2O3S/c1-9(6-14)3-2-4-12-10(15)5-13-8-17-7-11(13)16/h9,14H,2-8H2,1H3,(H,12,15). The molecule has 1 saturated heterocycles. The summed E-state index contributed by atoms with van der Waals surface area (Å²) >= 11 is 1.54. The third-order valence-corrected chi connectivity index (χ3v) is 3.61. The van der Waals surface area contributed by atoms with Gasteiger partial charge in [-0.05, 0) is 18.8 Å². The smallest absolute Gasteiger partial charge is 0.239 e. The molecule has 0 spiro atoms. The molecule has 1 aliphatic heterocycles. The Morgan fingerprint density at radius 3 is 3.00 bits per heavy atom. The zero-order chi connectivity index (χ0) is 12.7. The highest BCUT2D eigenvalue weighted by Gasteiger charge is 2.22. The molecule has 1 fully saturated rings. The lowest BCUT2D eigenvalue weighted by molar-refractivity contribution is -0.132. The summed E-state index contributed by atoms with van der Waals surface area (Å²) in [6.45, 7) is 2.94. The van der Waals surface area contributed by atoms with Crippen molar-refractivity contribution >= 4 is 23.6 Å². The fourth-order valence-electron chi connectivity index (χ4n) is 1.54. The molecule has 1 aliphatic rings. The molecule has 2 N–H and O–H groups in total. The van der Waals surface area contributed by atoms with Gasteiger partial charge in [0.15, 0.2) is 0 Å². The molecule has 1 atom stereocenters. The molecule has 0 aromatic heterocycles. The van der Waals surface area contributed by atoms with E-state index in [0.29, 0.717) is 18.2 Å². The van der Waals surface area contributed by atoms with Crippen LogP contribution in [0.3, 0.4) is 0 Å². The number of nitrogens with one attached hydrogen (secondary N) is 1. The number of thioether (sulfide) groups is 1. The molecule has 0 saturated carbocycles. The average Bonchev–Trinajstić information content (AvgIpc) is 2.70. The number of aliphatic hydroxyl groups is 1. The van der Waals surface area contributed by atoms with Crippen molar-refractivity contribution in [1.29, 1.82) is 0 Å². The van der Waals surface area contributed by atoms with Gasteiger partial charge in [-0.1, -0.05) is 6.92 Å². The molecule has 17 heavy (non-hydrogen) atoms. The Labute approximate surface area is 106 Å². The van der Waals surface area contributed by atoms with Gasteiger partial charge in [0.2, 0.25) is 11.8 Å². The van der Waals surface area contributed by atoms with Gasteiger partial charge in [-0.3, -0.25) is 9.59 Å². The fourth-order valence-corrected chi connectivity index (χ4v) is 2.44. The number of rotatable bonds is 7. The van der Waals surface area contributed by atoms with Crippen LogP contribution < -0.4 is 5.32 Å². The number of amides is 2. The normalized spacial score (nSPS) is 17.3. The van der Waals surface area contributed by atoms with E-state index in [-0.39, 0.29) is 30.9 Å². The first-order chi connectivity index (χ1) is 8.13. The Morgan fingerprint density at radius 1 is 1.65 bits per heavy atom. The molecule has 1 unspecified atom stereocenters. The fraction of sp³-hybridized carbons (Fsp3) is 0.818. The summed E-state index contributed by atoms with van der Waals surface area (Å²) in [5.41, 5.74) is 0. The van der Waals surface area contributed by atoms with Crippen molar-refractivity contribution in [3.05, 3.63) is 0 Å². The predicted octanol–water partition coefficient (Wildman–Crippen LogP) is 0.0441. The SMILES string of the molecule is CC(CO)CCCNC(=O)CN1CSCC1=O. The lowest BCUT2D eigenvalue weighted by Crippen LogP contribution is -2.38. The van der Waals surface area contributed by atoms with Crippen LogP contribution in [0.4, 0.5) is 0 Å². The highest BCUT2D eigenvalue weighted by atomic mass is 32.2. The highest BCUT2D eigenvalue weighted by molar-refractivity contribution is 8.00. The quantitative estimate of drug-likeness (QED) is 0.634. The van der Waals surface area contributed by atoms with Gasteiger partial charge < -0.3 is 15.3 Å². The molecule has 0 aromatic carbocycles. The topological polar surface area (TPSA) is 69.6 Å². The van der Waals surface area contributed by atoms with Gasteiger partial charge in [0.05, 0.1) is 11.6 Å². The van der Waals surface area contributed by atoms with E-state index in [9.17, 15) is 9.59 Å². The van der Waals surface area contributed by atoms with Crippen molar-refractivity contribution in [2.24, 2.45) is 5.92 Å². The summed E-state index contributed by atoms with van der Waals surface area (Å²) in [5.74, 6) is 1.33. The second-order valence-corrected chi connectivity index (χ2v) is 5.30. The van der Waals surface area contributed by atoms with Gasteiger partial charge in [0.1, 0.15) is 6.54 Å². The molecular formula is C11H20N2O3S. The van der Waals surface area contributed by atoms with Gasteiger partial charge in [0, 0.05) is 13.2 Å². The van der Waals surface area contributed by atoms with E-state index < -0.39 is 0 Å². The maximum atomic E-state index is 11.5. The molecule has 0 aromatic rings. The third kappa shape index (κ3) is 5.41. The lowest BCUT2D eigenvalue weighted by Gasteiger charge is -2.14. The van der Waals surface area contributed by atoms with Gasteiger partial charge in [-0.25, -0.2) is 0 Å². The minimum Gasteiger partial charge on any atom is -0.396 e. The molecule has 2 amide bonds. The molecule has 0 aliphatic carbocycles. The summed E-state index contributed by atoms with van der Waals surface area (Å²) in [7, 11) is 0. The van der Waals surface area contributed by atoms with E-state index in [1.807, 2.05) is 6.92 Å². The van der Waals surface area contributed by atoms with E-state index in [1.165, 1.54) is 11.8 Å². The van der Waals surface area contributed by atoms with Gasteiger partial charge in [-0.2, -0.15) is 0 Å². The first-order valence-electron chi connectivity index (χ1n) is 5.86. The number of carbonyl (C=O) groups is 2. The highest BCUT2D eigenvalue weighted by Crippen LogP contribution is 2.13. The van der Waals surface area contributed by atoms with Crippen LogP contribution in [-0.4, -0.2) is 53.1 Å². The Morgan fingerprint density at radius 2 is 2.41 bits per heavy atom. The number of nitrogens with zero attached hydrogens (tertiary/aromatic N) is 1. The largest absolute Gasteiger partial charge is 0.396 e.